The lowest BCUT2D eigenvalue weighted by Gasteiger charge is -2.28. The molecule has 0 unspecified atom stereocenters. The molecule has 14 heavy (non-hydrogen) atoms. The van der Waals surface area contributed by atoms with Gasteiger partial charge in [0.1, 0.15) is 19.0 Å². The van der Waals surface area contributed by atoms with Crippen molar-refractivity contribution >= 4 is 26.9 Å². The van der Waals surface area contributed by atoms with E-state index in [-0.39, 0.29) is 4.73 Å². The van der Waals surface area contributed by atoms with Gasteiger partial charge in [0.15, 0.2) is 0 Å². The Morgan fingerprint density at radius 3 is 1.21 bits per heavy atom. The topological polar surface area (TPSA) is 34.1 Å². The normalized spacial score (nSPS) is 13.6. The average Bonchev–Trinajstić information content (AvgIpc) is 2.25. The summed E-state index contributed by atoms with van der Waals surface area (Å²) in [6.45, 7) is 7.62. The molecular formula is C9H22O2P2S. The first-order chi connectivity index (χ1) is 6.40. The van der Waals surface area contributed by atoms with Gasteiger partial charge in [-0.25, -0.2) is 0 Å². The van der Waals surface area contributed by atoms with Crippen LogP contribution in [0.25, 0.3) is 0 Å². The van der Waals surface area contributed by atoms with Crippen LogP contribution in [0.15, 0.2) is 0 Å². The van der Waals surface area contributed by atoms with Gasteiger partial charge in [-0.1, -0.05) is 27.7 Å². The second-order valence-electron chi connectivity index (χ2n) is 3.52. The maximum Gasteiger partial charge on any atom is 0.108 e. The van der Waals surface area contributed by atoms with Crippen molar-refractivity contribution < 1.29 is 9.13 Å². The summed E-state index contributed by atoms with van der Waals surface area (Å²) in [6.07, 6.45) is 2.45. The summed E-state index contributed by atoms with van der Waals surface area (Å²) in [5, 5.41) is 0. The van der Waals surface area contributed by atoms with Crippen LogP contribution in [0, 0.1) is 0 Å². The van der Waals surface area contributed by atoms with Crippen LogP contribution in [0.5, 0.6) is 0 Å². The molecule has 0 spiro atoms. The van der Waals surface area contributed by atoms with Crippen molar-refractivity contribution in [2.45, 2.75) is 32.4 Å². The van der Waals surface area contributed by atoms with E-state index in [1.54, 1.807) is 0 Å². The van der Waals surface area contributed by atoms with Gasteiger partial charge in [0.2, 0.25) is 0 Å². The Morgan fingerprint density at radius 1 is 0.857 bits per heavy atom. The minimum Gasteiger partial charge on any atom is -0.322 e. The minimum absolute atomic E-state index is 0.375. The molecule has 0 aromatic carbocycles. The average molecular weight is 256 g/mol. The third kappa shape index (κ3) is 2.90. The molecule has 0 saturated heterocycles. The minimum atomic E-state index is -2.33. The number of rotatable bonds is 6. The maximum absolute atomic E-state index is 12.4. The summed E-state index contributed by atoms with van der Waals surface area (Å²) in [5.74, 6) is 0. The molecular weight excluding hydrogens is 234 g/mol. The molecule has 5 heteroatoms. The molecule has 0 fully saturated rings. The molecule has 0 saturated carbocycles. The summed E-state index contributed by atoms with van der Waals surface area (Å²) >= 11 is 4.39. The third-order valence-corrected chi connectivity index (χ3v) is 14.0. The fourth-order valence-electron chi connectivity index (χ4n) is 1.48. The van der Waals surface area contributed by atoms with Crippen LogP contribution < -0.4 is 0 Å². The van der Waals surface area contributed by atoms with E-state index in [1.807, 2.05) is 27.7 Å². The molecule has 0 rings (SSSR count). The highest BCUT2D eigenvalue weighted by atomic mass is 32.1. The van der Waals surface area contributed by atoms with E-state index in [9.17, 15) is 9.13 Å². The van der Waals surface area contributed by atoms with Gasteiger partial charge < -0.3 is 9.13 Å². The van der Waals surface area contributed by atoms with Crippen molar-refractivity contribution in [1.82, 2.24) is 0 Å². The summed E-state index contributed by atoms with van der Waals surface area (Å²) in [6, 6.07) is 0. The zero-order valence-corrected chi connectivity index (χ0v) is 12.2. The van der Waals surface area contributed by atoms with Gasteiger partial charge in [0, 0.05) is 0 Å². The lowest BCUT2D eigenvalue weighted by molar-refractivity contribution is 0.568. The third-order valence-electron chi connectivity index (χ3n) is 2.98. The van der Waals surface area contributed by atoms with Gasteiger partial charge in [0.25, 0.3) is 0 Å². The molecule has 86 valence electrons. The van der Waals surface area contributed by atoms with Crippen molar-refractivity contribution in [2.24, 2.45) is 0 Å². The Bertz CT molecular complexity index is 224. The van der Waals surface area contributed by atoms with Gasteiger partial charge >= 0.3 is 0 Å². The van der Waals surface area contributed by atoms with E-state index in [0.29, 0.717) is 24.6 Å². The van der Waals surface area contributed by atoms with Crippen LogP contribution in [0.4, 0.5) is 0 Å². The fourth-order valence-corrected chi connectivity index (χ4v) is 10.7. The summed E-state index contributed by atoms with van der Waals surface area (Å²) in [4.78, 5) is 0. The van der Waals surface area contributed by atoms with E-state index in [0.717, 1.165) is 0 Å². The lowest BCUT2D eigenvalue weighted by Crippen LogP contribution is -2.09. The standard InChI is InChI=1S/C9H22O2P2S/c1-5-12(10,6-2)9(14)13(11,7-3)8-4/h9,14H,5-8H2,1-4H3. The molecule has 0 heterocycles. The van der Waals surface area contributed by atoms with Crippen LogP contribution in [-0.4, -0.2) is 29.4 Å². The Labute approximate surface area is 93.4 Å². The van der Waals surface area contributed by atoms with Crippen molar-refractivity contribution in [3.8, 4) is 0 Å². The van der Waals surface area contributed by atoms with E-state index in [1.165, 1.54) is 0 Å². The first-order valence-electron chi connectivity index (χ1n) is 5.23. The highest BCUT2D eigenvalue weighted by Crippen LogP contribution is 2.69. The molecule has 0 atom stereocenters. The number of hydrogen-bond donors (Lipinski definition) is 1. The Kier molecular flexibility index (Phi) is 6.11. The molecule has 0 bridgehead atoms. The van der Waals surface area contributed by atoms with E-state index >= 15 is 0 Å². The van der Waals surface area contributed by atoms with Gasteiger partial charge in [-0.15, -0.1) is 0 Å². The fraction of sp³-hybridized carbons (Fsp3) is 1.00. The molecule has 0 aromatic rings. The molecule has 0 aliphatic heterocycles. The quantitative estimate of drug-likeness (QED) is 0.575. The van der Waals surface area contributed by atoms with Crippen molar-refractivity contribution in [3.63, 3.8) is 0 Å². The zero-order chi connectivity index (χ0) is 11.4. The molecule has 0 radical (unpaired) electrons. The second kappa shape index (κ2) is 5.77. The Morgan fingerprint density at radius 2 is 1.07 bits per heavy atom. The molecule has 0 amide bonds. The van der Waals surface area contributed by atoms with E-state index < -0.39 is 14.3 Å². The molecule has 0 N–H and O–H groups in total. The molecule has 2 nitrogen and oxygen atoms in total. The predicted molar refractivity (Wildman–Crippen MR) is 70.2 cm³/mol. The summed E-state index contributed by atoms with van der Waals surface area (Å²) in [5.41, 5.74) is 0. The monoisotopic (exact) mass is 256 g/mol. The Hall–Kier alpha value is 0.810. The van der Waals surface area contributed by atoms with Gasteiger partial charge in [0.05, 0.1) is 0 Å². The molecule has 0 aliphatic carbocycles. The molecule has 0 aliphatic rings. The lowest BCUT2D eigenvalue weighted by atomic mass is 11.0. The van der Waals surface area contributed by atoms with Crippen molar-refractivity contribution in [1.29, 1.82) is 0 Å². The SMILES string of the molecule is CCP(=O)(CC)C(S)P(=O)(CC)CC. The van der Waals surface area contributed by atoms with Gasteiger partial charge in [-0.2, -0.15) is 12.6 Å². The maximum atomic E-state index is 12.4. The van der Waals surface area contributed by atoms with Crippen LogP contribution >= 0.6 is 26.9 Å². The summed E-state index contributed by atoms with van der Waals surface area (Å²) < 4.78 is 24.4. The van der Waals surface area contributed by atoms with Crippen LogP contribution in [0.2, 0.25) is 0 Å². The number of thiol groups is 1. The zero-order valence-electron chi connectivity index (χ0n) is 9.56. The smallest absolute Gasteiger partial charge is 0.108 e. The van der Waals surface area contributed by atoms with E-state index in [4.69, 9.17) is 0 Å². The highest BCUT2D eigenvalue weighted by Gasteiger charge is 2.38. The second-order valence-corrected chi connectivity index (χ2v) is 12.6. The van der Waals surface area contributed by atoms with Crippen LogP contribution in [0.1, 0.15) is 27.7 Å². The van der Waals surface area contributed by atoms with Gasteiger partial charge in [-0.3, -0.25) is 0 Å². The predicted octanol–water partition coefficient (Wildman–Crippen LogP) is 4.01. The first-order valence-corrected chi connectivity index (χ1v) is 10.0. The van der Waals surface area contributed by atoms with Crippen molar-refractivity contribution in [2.75, 3.05) is 24.6 Å². The largest absolute Gasteiger partial charge is 0.322 e. The number of hydrogen-bond acceptors (Lipinski definition) is 3. The van der Waals surface area contributed by atoms with Crippen LogP contribution in [-0.2, 0) is 9.13 Å². The highest BCUT2D eigenvalue weighted by molar-refractivity contribution is 8.04. The van der Waals surface area contributed by atoms with Crippen molar-refractivity contribution in [3.05, 3.63) is 0 Å². The van der Waals surface area contributed by atoms with Gasteiger partial charge in [-0.05, 0) is 24.6 Å². The van der Waals surface area contributed by atoms with E-state index in [2.05, 4.69) is 12.6 Å². The molecule has 0 aromatic heterocycles. The summed E-state index contributed by atoms with van der Waals surface area (Å²) in [7, 11) is -4.65. The Balaban J connectivity index is 5.01. The van der Waals surface area contributed by atoms with Crippen LogP contribution in [0.3, 0.4) is 0 Å². The first kappa shape index (κ1) is 14.8.